The fraction of sp³-hybridized carbons (Fsp3) is 0.812. The van der Waals surface area contributed by atoms with Crippen molar-refractivity contribution in [1.82, 2.24) is 5.32 Å². The minimum absolute atomic E-state index is 0.0829. The van der Waals surface area contributed by atoms with E-state index < -0.39 is 5.79 Å². The topological polar surface area (TPSA) is 56.8 Å². The molecule has 1 aliphatic carbocycles. The van der Waals surface area contributed by atoms with Crippen LogP contribution in [0.4, 0.5) is 0 Å². The molecule has 0 bridgehead atoms. The maximum Gasteiger partial charge on any atom is 0.217 e. The average molecular weight is 297 g/mol. The van der Waals surface area contributed by atoms with Crippen LogP contribution in [0.1, 0.15) is 47.5 Å². The molecule has 0 radical (unpaired) electrons. The third-order valence-corrected chi connectivity index (χ3v) is 3.99. The van der Waals surface area contributed by atoms with Crippen LogP contribution >= 0.6 is 0 Å². The highest BCUT2D eigenvalue weighted by molar-refractivity contribution is 5.73. The lowest BCUT2D eigenvalue weighted by atomic mass is 9.93. The van der Waals surface area contributed by atoms with Crippen LogP contribution in [-0.4, -0.2) is 42.2 Å². The lowest BCUT2D eigenvalue weighted by Crippen LogP contribution is -2.56. The van der Waals surface area contributed by atoms with E-state index in [1.54, 1.807) is 0 Å². The van der Waals surface area contributed by atoms with E-state index in [0.717, 1.165) is 12.8 Å². The van der Waals surface area contributed by atoms with E-state index in [2.05, 4.69) is 19.2 Å². The summed E-state index contributed by atoms with van der Waals surface area (Å²) < 4.78 is 18.0. The molecule has 0 aromatic heterocycles. The first-order valence-electron chi connectivity index (χ1n) is 7.82. The van der Waals surface area contributed by atoms with Crippen LogP contribution in [0.25, 0.3) is 0 Å². The molecule has 4 atom stereocenters. The lowest BCUT2D eigenvalue weighted by Gasteiger charge is -2.36. The second-order valence-electron chi connectivity index (χ2n) is 6.22. The van der Waals surface area contributed by atoms with Crippen LogP contribution in [0.15, 0.2) is 12.2 Å². The van der Waals surface area contributed by atoms with Gasteiger partial charge in [-0.05, 0) is 26.7 Å². The Kier molecular flexibility index (Phi) is 5.07. The van der Waals surface area contributed by atoms with Crippen molar-refractivity contribution in [2.45, 2.75) is 83.7 Å². The summed E-state index contributed by atoms with van der Waals surface area (Å²) in [7, 11) is 0. The number of hydrogen-bond acceptors (Lipinski definition) is 4. The molecule has 5 nitrogen and oxygen atoms in total. The molecule has 0 aromatic rings. The van der Waals surface area contributed by atoms with Crippen LogP contribution in [0, 0.1) is 0 Å². The molecule has 0 unspecified atom stereocenters. The molecule has 21 heavy (non-hydrogen) atoms. The average Bonchev–Trinajstić information content (AvgIpc) is 2.72. The van der Waals surface area contributed by atoms with Gasteiger partial charge in [-0.15, -0.1) is 0 Å². The zero-order valence-corrected chi connectivity index (χ0v) is 13.6. The number of rotatable bonds is 5. The van der Waals surface area contributed by atoms with Crippen LogP contribution in [0.3, 0.4) is 0 Å². The van der Waals surface area contributed by atoms with Crippen LogP contribution in [0.2, 0.25) is 0 Å². The van der Waals surface area contributed by atoms with Gasteiger partial charge in [-0.3, -0.25) is 4.79 Å². The Morgan fingerprint density at radius 3 is 2.52 bits per heavy atom. The molecule has 1 aliphatic heterocycles. The normalized spacial score (nSPS) is 34.0. The van der Waals surface area contributed by atoms with E-state index in [9.17, 15) is 4.79 Å². The fourth-order valence-electron chi connectivity index (χ4n) is 3.00. The monoisotopic (exact) mass is 297 g/mol. The molecule has 1 heterocycles. The number of hydrogen-bond donors (Lipinski definition) is 1. The Morgan fingerprint density at radius 1 is 1.29 bits per heavy atom. The summed E-state index contributed by atoms with van der Waals surface area (Å²) in [6.07, 6.45) is 5.53. The molecule has 2 aliphatic rings. The highest BCUT2D eigenvalue weighted by atomic mass is 16.8. The molecule has 0 aromatic carbocycles. The van der Waals surface area contributed by atoms with Gasteiger partial charge in [0.2, 0.25) is 5.91 Å². The highest BCUT2D eigenvalue weighted by Crippen LogP contribution is 2.35. The lowest BCUT2D eigenvalue weighted by molar-refractivity contribution is -0.151. The maximum absolute atomic E-state index is 11.5. The molecular weight excluding hydrogens is 270 g/mol. The first kappa shape index (κ1) is 16.5. The van der Waals surface area contributed by atoms with Crippen molar-refractivity contribution in [3.63, 3.8) is 0 Å². The molecule has 1 amide bonds. The van der Waals surface area contributed by atoms with E-state index >= 15 is 0 Å². The number of carbonyl (C=O) groups excluding carboxylic acids is 1. The number of carbonyl (C=O) groups is 1. The van der Waals surface area contributed by atoms with Gasteiger partial charge in [-0.1, -0.05) is 26.0 Å². The van der Waals surface area contributed by atoms with Crippen molar-refractivity contribution in [1.29, 1.82) is 0 Å². The summed E-state index contributed by atoms with van der Waals surface area (Å²) in [5.74, 6) is -0.722. The summed E-state index contributed by atoms with van der Waals surface area (Å²) in [5.41, 5.74) is 0. The molecular formula is C16H27NO4. The number of fused-ring (bicyclic) bond motifs is 1. The summed E-state index contributed by atoms with van der Waals surface area (Å²) in [6, 6.07) is -0.222. The predicted molar refractivity (Wildman–Crippen MR) is 79.8 cm³/mol. The molecule has 5 heteroatoms. The first-order valence-corrected chi connectivity index (χ1v) is 7.82. The molecule has 1 N–H and O–H groups in total. The van der Waals surface area contributed by atoms with Gasteiger partial charge in [-0.2, -0.15) is 0 Å². The van der Waals surface area contributed by atoms with Crippen LogP contribution in [-0.2, 0) is 19.0 Å². The van der Waals surface area contributed by atoms with Crippen molar-refractivity contribution in [2.75, 3.05) is 0 Å². The van der Waals surface area contributed by atoms with E-state index in [-0.39, 0.29) is 36.4 Å². The summed E-state index contributed by atoms with van der Waals surface area (Å²) in [4.78, 5) is 11.5. The minimum atomic E-state index is -0.639. The minimum Gasteiger partial charge on any atom is -0.369 e. The van der Waals surface area contributed by atoms with Gasteiger partial charge < -0.3 is 19.5 Å². The van der Waals surface area contributed by atoms with Crippen LogP contribution in [0.5, 0.6) is 0 Å². The SMILES string of the molecule is CCC(CC)O[C@@H]1C=C[C@H]2OC(C)(C)O[C@H]2[C@H]1NC(C)=O. The van der Waals surface area contributed by atoms with Gasteiger partial charge in [0, 0.05) is 6.92 Å². The van der Waals surface area contributed by atoms with Gasteiger partial charge in [0.1, 0.15) is 12.2 Å². The smallest absolute Gasteiger partial charge is 0.217 e. The third-order valence-electron chi connectivity index (χ3n) is 3.99. The summed E-state index contributed by atoms with van der Waals surface area (Å²) in [5, 5.41) is 2.97. The zero-order chi connectivity index (χ0) is 15.6. The van der Waals surface area contributed by atoms with Crippen molar-refractivity contribution >= 4 is 5.91 Å². The second-order valence-corrected chi connectivity index (χ2v) is 6.22. The Balaban J connectivity index is 2.17. The van der Waals surface area contributed by atoms with E-state index in [4.69, 9.17) is 14.2 Å². The third kappa shape index (κ3) is 3.84. The van der Waals surface area contributed by atoms with Crippen molar-refractivity contribution in [3.05, 3.63) is 12.2 Å². The maximum atomic E-state index is 11.5. The zero-order valence-electron chi connectivity index (χ0n) is 13.6. The van der Waals surface area contributed by atoms with Gasteiger partial charge in [0.15, 0.2) is 5.79 Å². The fourth-order valence-corrected chi connectivity index (χ4v) is 3.00. The summed E-state index contributed by atoms with van der Waals surface area (Å²) in [6.45, 7) is 9.51. The van der Waals surface area contributed by atoms with Gasteiger partial charge in [0.25, 0.3) is 0 Å². The van der Waals surface area contributed by atoms with E-state index in [0.29, 0.717) is 0 Å². The molecule has 0 spiro atoms. The Labute approximate surface area is 127 Å². The molecule has 120 valence electrons. The second kappa shape index (κ2) is 6.46. The number of nitrogens with one attached hydrogen (secondary N) is 1. The summed E-state index contributed by atoms with van der Waals surface area (Å²) >= 11 is 0. The predicted octanol–water partition coefficient (Wildman–Crippen LogP) is 2.15. The molecule has 2 rings (SSSR count). The van der Waals surface area contributed by atoms with E-state index in [1.807, 2.05) is 26.0 Å². The van der Waals surface area contributed by atoms with Gasteiger partial charge >= 0.3 is 0 Å². The van der Waals surface area contributed by atoms with Crippen LogP contribution < -0.4 is 5.32 Å². The largest absolute Gasteiger partial charge is 0.369 e. The standard InChI is InChI=1S/C16H27NO4/c1-6-11(7-2)19-12-8-9-13-15(14(12)17-10(3)18)21-16(4,5)20-13/h8-9,11-15H,6-7H2,1-5H3,(H,17,18)/t12-,13-,14+,15-/m1/s1. The van der Waals surface area contributed by atoms with Crippen molar-refractivity contribution < 1.29 is 19.0 Å². The quantitative estimate of drug-likeness (QED) is 0.790. The van der Waals surface area contributed by atoms with Crippen molar-refractivity contribution in [3.8, 4) is 0 Å². The number of amides is 1. The molecule has 0 saturated carbocycles. The Morgan fingerprint density at radius 2 is 1.95 bits per heavy atom. The van der Waals surface area contributed by atoms with E-state index in [1.165, 1.54) is 6.92 Å². The first-order chi connectivity index (χ1) is 9.86. The molecule has 1 saturated heterocycles. The Bertz CT molecular complexity index is 403. The highest BCUT2D eigenvalue weighted by Gasteiger charge is 2.49. The van der Waals surface area contributed by atoms with Gasteiger partial charge in [-0.25, -0.2) is 0 Å². The molecule has 1 fully saturated rings. The van der Waals surface area contributed by atoms with Crippen molar-refractivity contribution in [2.24, 2.45) is 0 Å². The Hall–Kier alpha value is -0.910. The number of ether oxygens (including phenoxy) is 3. The van der Waals surface area contributed by atoms with Gasteiger partial charge in [0.05, 0.1) is 18.2 Å².